The van der Waals surface area contributed by atoms with Crippen LogP contribution in [0.25, 0.3) is 0 Å². The van der Waals surface area contributed by atoms with Crippen LogP contribution in [0.1, 0.15) is 54.5 Å². The largest absolute Gasteiger partial charge is 0.466 e. The van der Waals surface area contributed by atoms with E-state index in [9.17, 15) is 14.0 Å². The fraction of sp³-hybridized carbons (Fsp3) is 0.444. The van der Waals surface area contributed by atoms with Gasteiger partial charge in [-0.3, -0.25) is 14.5 Å². The summed E-state index contributed by atoms with van der Waals surface area (Å²) in [5, 5.41) is 6.19. The number of likely N-dealkylation sites (tertiary alicyclic amines) is 1. The van der Waals surface area contributed by atoms with E-state index in [0.717, 1.165) is 22.4 Å². The molecule has 0 aromatic heterocycles. The molecule has 2 aliphatic rings. The summed E-state index contributed by atoms with van der Waals surface area (Å²) in [6.07, 6.45) is 1.79. The first-order valence-corrected chi connectivity index (χ1v) is 12.0. The summed E-state index contributed by atoms with van der Waals surface area (Å²) in [6.45, 7) is 7.70. The van der Waals surface area contributed by atoms with Gasteiger partial charge in [-0.25, -0.2) is 9.40 Å². The van der Waals surface area contributed by atoms with E-state index < -0.39 is 6.04 Å². The summed E-state index contributed by atoms with van der Waals surface area (Å²) >= 11 is 0. The summed E-state index contributed by atoms with van der Waals surface area (Å²) < 4.78 is 19.9. The summed E-state index contributed by atoms with van der Waals surface area (Å²) in [4.78, 5) is 27.5. The van der Waals surface area contributed by atoms with Crippen molar-refractivity contribution in [3.8, 4) is 0 Å². The van der Waals surface area contributed by atoms with E-state index in [1.807, 2.05) is 30.9 Å². The number of benzene rings is 2. The molecule has 4 rings (SSSR count). The highest BCUT2D eigenvalue weighted by molar-refractivity contribution is 6.04. The standard InChI is InChI=1S/C27H32FN3O3/c1-4-34-27(33)20-11-13-30(14-12-20)17-26(32)31-25(21-7-5-6-8-23(21)28)16-24(29-31)22-15-18(2)9-10-19(22)3/h5-10,15,20,25H,4,11-14,16-17H2,1-3H3/t25-/m1/s1. The van der Waals surface area contributed by atoms with E-state index in [2.05, 4.69) is 6.07 Å². The number of hydrogen-bond acceptors (Lipinski definition) is 5. The second-order valence-corrected chi connectivity index (χ2v) is 9.15. The van der Waals surface area contributed by atoms with Gasteiger partial charge in [-0.05, 0) is 64.4 Å². The first-order chi connectivity index (χ1) is 16.4. The van der Waals surface area contributed by atoms with Gasteiger partial charge in [-0.15, -0.1) is 0 Å². The highest BCUT2D eigenvalue weighted by Crippen LogP contribution is 2.35. The van der Waals surface area contributed by atoms with E-state index >= 15 is 0 Å². The summed E-state index contributed by atoms with van der Waals surface area (Å²) in [6, 6.07) is 12.3. The lowest BCUT2D eigenvalue weighted by Gasteiger charge is -2.32. The average molecular weight is 466 g/mol. The molecule has 7 heteroatoms. The number of amides is 1. The Balaban J connectivity index is 1.53. The van der Waals surface area contributed by atoms with Crippen LogP contribution in [-0.4, -0.2) is 53.7 Å². The molecule has 1 amide bonds. The second-order valence-electron chi connectivity index (χ2n) is 9.15. The lowest BCUT2D eigenvalue weighted by molar-refractivity contribution is -0.149. The fourth-order valence-corrected chi connectivity index (χ4v) is 4.79. The maximum absolute atomic E-state index is 14.7. The van der Waals surface area contributed by atoms with Crippen molar-refractivity contribution >= 4 is 17.6 Å². The predicted octanol–water partition coefficient (Wildman–Crippen LogP) is 4.40. The van der Waals surface area contributed by atoms with Gasteiger partial charge in [0.25, 0.3) is 5.91 Å². The monoisotopic (exact) mass is 465 g/mol. The molecule has 0 bridgehead atoms. The van der Waals surface area contributed by atoms with E-state index in [1.54, 1.807) is 25.1 Å². The Labute approximate surface area is 200 Å². The van der Waals surface area contributed by atoms with Crippen LogP contribution in [0.5, 0.6) is 0 Å². The van der Waals surface area contributed by atoms with Crippen LogP contribution < -0.4 is 0 Å². The Hall–Kier alpha value is -3.06. The quantitative estimate of drug-likeness (QED) is 0.594. The van der Waals surface area contributed by atoms with Crippen LogP contribution in [0.4, 0.5) is 4.39 Å². The third-order valence-electron chi connectivity index (χ3n) is 6.70. The number of hydrogen-bond donors (Lipinski definition) is 0. The first kappa shape index (κ1) is 24.1. The molecule has 0 unspecified atom stereocenters. The number of esters is 1. The Kier molecular flexibility index (Phi) is 7.41. The van der Waals surface area contributed by atoms with Crippen LogP contribution in [-0.2, 0) is 14.3 Å². The van der Waals surface area contributed by atoms with Crippen LogP contribution in [0.2, 0.25) is 0 Å². The van der Waals surface area contributed by atoms with Gasteiger partial charge in [0.2, 0.25) is 0 Å². The maximum Gasteiger partial charge on any atom is 0.309 e. The zero-order chi connectivity index (χ0) is 24.2. The minimum absolute atomic E-state index is 0.113. The maximum atomic E-state index is 14.7. The van der Waals surface area contributed by atoms with E-state index in [4.69, 9.17) is 9.84 Å². The van der Waals surface area contributed by atoms with Crippen LogP contribution in [0.3, 0.4) is 0 Å². The van der Waals surface area contributed by atoms with Crippen molar-refractivity contribution in [2.75, 3.05) is 26.2 Å². The lowest BCUT2D eigenvalue weighted by Crippen LogP contribution is -2.43. The summed E-state index contributed by atoms with van der Waals surface area (Å²) in [5.74, 6) is -0.769. The Morgan fingerprint density at radius 2 is 1.85 bits per heavy atom. The molecule has 0 saturated carbocycles. The number of rotatable bonds is 6. The molecule has 0 aliphatic carbocycles. The van der Waals surface area contributed by atoms with Crippen LogP contribution >= 0.6 is 0 Å². The lowest BCUT2D eigenvalue weighted by atomic mass is 9.94. The Morgan fingerprint density at radius 1 is 1.12 bits per heavy atom. The van der Waals surface area contributed by atoms with E-state index in [0.29, 0.717) is 44.5 Å². The van der Waals surface area contributed by atoms with Crippen molar-refractivity contribution in [3.63, 3.8) is 0 Å². The first-order valence-electron chi connectivity index (χ1n) is 12.0. The molecule has 2 aromatic carbocycles. The molecule has 0 radical (unpaired) electrons. The van der Waals surface area contributed by atoms with Crippen molar-refractivity contribution in [1.82, 2.24) is 9.91 Å². The van der Waals surface area contributed by atoms with Crippen molar-refractivity contribution in [1.29, 1.82) is 0 Å². The molecule has 180 valence electrons. The molecule has 0 spiro atoms. The van der Waals surface area contributed by atoms with Gasteiger partial charge < -0.3 is 4.74 Å². The Morgan fingerprint density at radius 3 is 2.56 bits per heavy atom. The summed E-state index contributed by atoms with van der Waals surface area (Å²) in [7, 11) is 0. The SMILES string of the molecule is CCOC(=O)C1CCN(CC(=O)N2N=C(c3cc(C)ccc3C)C[C@@H]2c2ccccc2F)CC1. The molecule has 1 atom stereocenters. The number of aryl methyl sites for hydroxylation is 2. The van der Waals surface area contributed by atoms with Crippen molar-refractivity contribution in [2.24, 2.45) is 11.0 Å². The zero-order valence-electron chi connectivity index (χ0n) is 20.1. The molecule has 2 aromatic rings. The molecular weight excluding hydrogens is 433 g/mol. The molecule has 0 N–H and O–H groups in total. The van der Waals surface area contributed by atoms with Gasteiger partial charge in [-0.1, -0.05) is 35.9 Å². The van der Waals surface area contributed by atoms with Crippen molar-refractivity contribution in [2.45, 2.75) is 46.1 Å². The number of carbonyl (C=O) groups is 2. The number of ether oxygens (including phenoxy) is 1. The van der Waals surface area contributed by atoms with Gasteiger partial charge >= 0.3 is 5.97 Å². The molecule has 34 heavy (non-hydrogen) atoms. The molecule has 6 nitrogen and oxygen atoms in total. The van der Waals surface area contributed by atoms with Crippen LogP contribution in [0, 0.1) is 25.6 Å². The molecule has 2 heterocycles. The van der Waals surface area contributed by atoms with Crippen LogP contribution in [0.15, 0.2) is 47.6 Å². The van der Waals surface area contributed by atoms with Gasteiger partial charge in [0.15, 0.2) is 0 Å². The molecular formula is C27H32FN3O3. The highest BCUT2D eigenvalue weighted by Gasteiger charge is 2.36. The normalized spacial score (nSPS) is 19.2. The van der Waals surface area contributed by atoms with Crippen molar-refractivity contribution < 1.29 is 18.7 Å². The zero-order valence-corrected chi connectivity index (χ0v) is 20.1. The minimum atomic E-state index is -0.485. The number of nitrogens with zero attached hydrogens (tertiary/aromatic N) is 3. The highest BCUT2D eigenvalue weighted by atomic mass is 19.1. The number of halogens is 1. The third kappa shape index (κ3) is 5.20. The molecule has 2 aliphatic heterocycles. The van der Waals surface area contributed by atoms with Gasteiger partial charge in [0.05, 0.1) is 30.8 Å². The Bertz CT molecular complexity index is 1090. The smallest absolute Gasteiger partial charge is 0.309 e. The third-order valence-corrected chi connectivity index (χ3v) is 6.70. The number of hydrazone groups is 1. The van der Waals surface area contributed by atoms with Gasteiger partial charge in [0.1, 0.15) is 5.82 Å². The second kappa shape index (κ2) is 10.5. The summed E-state index contributed by atoms with van der Waals surface area (Å²) in [5.41, 5.74) is 4.45. The fourth-order valence-electron chi connectivity index (χ4n) is 4.79. The molecule has 1 fully saturated rings. The van der Waals surface area contributed by atoms with Gasteiger partial charge in [0, 0.05) is 17.5 Å². The van der Waals surface area contributed by atoms with Gasteiger partial charge in [-0.2, -0.15) is 5.10 Å². The number of piperidine rings is 1. The minimum Gasteiger partial charge on any atom is -0.466 e. The molecule has 1 saturated heterocycles. The van der Waals surface area contributed by atoms with Crippen molar-refractivity contribution in [3.05, 3.63) is 70.5 Å². The topological polar surface area (TPSA) is 62.2 Å². The van der Waals surface area contributed by atoms with E-state index in [-0.39, 0.29) is 30.2 Å². The predicted molar refractivity (Wildman–Crippen MR) is 129 cm³/mol. The van der Waals surface area contributed by atoms with E-state index in [1.165, 1.54) is 11.1 Å². The number of carbonyl (C=O) groups excluding carboxylic acids is 2. The average Bonchev–Trinajstić information content (AvgIpc) is 3.27.